The van der Waals surface area contributed by atoms with Gasteiger partial charge in [0, 0.05) is 5.69 Å². The van der Waals surface area contributed by atoms with E-state index in [1.165, 1.54) is 23.1 Å². The van der Waals surface area contributed by atoms with Gasteiger partial charge >= 0.3 is 5.97 Å². The lowest BCUT2D eigenvalue weighted by molar-refractivity contribution is -0.142. The predicted octanol–water partition coefficient (Wildman–Crippen LogP) is 2.50. The van der Waals surface area contributed by atoms with Crippen LogP contribution in [0.2, 0.25) is 0 Å². The van der Waals surface area contributed by atoms with Crippen LogP contribution in [0.4, 0.5) is 10.1 Å². The number of aromatic nitrogens is 1. The number of H-pyrrole nitrogens is 1. The minimum Gasteiger partial charge on any atom is -0.465 e. The lowest BCUT2D eigenvalue weighted by atomic mass is 9.92. The number of benzene rings is 1. The Labute approximate surface area is 149 Å². The lowest BCUT2D eigenvalue weighted by Crippen LogP contribution is -2.39. The van der Waals surface area contributed by atoms with Gasteiger partial charge in [0.15, 0.2) is 0 Å². The summed E-state index contributed by atoms with van der Waals surface area (Å²) in [6, 6.07) is 5.64. The Morgan fingerprint density at radius 1 is 1.31 bits per heavy atom. The maximum atomic E-state index is 13.8. The third-order valence-corrected chi connectivity index (χ3v) is 4.42. The number of anilines is 1. The number of fused-ring (bicyclic) bond motifs is 3. The second kappa shape index (κ2) is 6.74. The zero-order valence-electron chi connectivity index (χ0n) is 14.8. The van der Waals surface area contributed by atoms with Crippen LogP contribution in [0.15, 0.2) is 29.1 Å². The Bertz CT molecular complexity index is 951. The first-order valence-electron chi connectivity index (χ1n) is 8.34. The molecular formula is C19H19FN2O4. The van der Waals surface area contributed by atoms with Gasteiger partial charge in [-0.05, 0) is 50.1 Å². The quantitative estimate of drug-likeness (QED) is 0.855. The number of esters is 1. The maximum Gasteiger partial charge on any atom is 0.326 e. The van der Waals surface area contributed by atoms with E-state index < -0.39 is 29.2 Å². The number of ether oxygens (including phenoxy) is 1. The molecule has 7 heteroatoms. The van der Waals surface area contributed by atoms with E-state index in [2.05, 4.69) is 4.98 Å². The highest BCUT2D eigenvalue weighted by atomic mass is 19.1. The summed E-state index contributed by atoms with van der Waals surface area (Å²) in [4.78, 5) is 41.7. The molecule has 0 saturated heterocycles. The molecular weight excluding hydrogens is 339 g/mol. The van der Waals surface area contributed by atoms with Gasteiger partial charge < -0.3 is 9.72 Å². The van der Waals surface area contributed by atoms with Crippen LogP contribution in [0.1, 0.15) is 31.0 Å². The molecule has 1 aliphatic heterocycles. The average molecular weight is 358 g/mol. The second-order valence-corrected chi connectivity index (χ2v) is 6.22. The summed E-state index contributed by atoms with van der Waals surface area (Å²) in [7, 11) is 0. The summed E-state index contributed by atoms with van der Waals surface area (Å²) in [5, 5.41) is 0. The van der Waals surface area contributed by atoms with Gasteiger partial charge in [-0.25, -0.2) is 4.39 Å². The van der Waals surface area contributed by atoms with Crippen molar-refractivity contribution in [3.05, 3.63) is 51.7 Å². The van der Waals surface area contributed by atoms with Crippen molar-refractivity contribution >= 4 is 17.6 Å². The molecule has 1 N–H and O–H groups in total. The van der Waals surface area contributed by atoms with Crippen molar-refractivity contribution in [2.75, 3.05) is 18.1 Å². The molecule has 1 amide bonds. The molecule has 3 rings (SSSR count). The summed E-state index contributed by atoms with van der Waals surface area (Å²) < 4.78 is 18.8. The third-order valence-electron chi connectivity index (χ3n) is 4.42. The van der Waals surface area contributed by atoms with Crippen LogP contribution in [-0.2, 0) is 14.3 Å². The Balaban J connectivity index is 2.28. The monoisotopic (exact) mass is 358 g/mol. The average Bonchev–Trinajstić information content (AvgIpc) is 2.65. The van der Waals surface area contributed by atoms with Crippen LogP contribution in [0.5, 0.6) is 0 Å². The van der Waals surface area contributed by atoms with Crippen molar-refractivity contribution in [1.29, 1.82) is 0 Å². The lowest BCUT2D eigenvalue weighted by Gasteiger charge is -2.24. The molecule has 136 valence electrons. The van der Waals surface area contributed by atoms with Crippen molar-refractivity contribution < 1.29 is 18.7 Å². The van der Waals surface area contributed by atoms with Crippen LogP contribution < -0.4 is 10.5 Å². The Kier molecular flexibility index (Phi) is 4.63. The van der Waals surface area contributed by atoms with Gasteiger partial charge in [0.1, 0.15) is 12.4 Å². The fraction of sp³-hybridized carbons (Fsp3) is 0.316. The highest BCUT2D eigenvalue weighted by Gasteiger charge is 2.34. The number of nitrogens with zero attached hydrogens (tertiary/aromatic N) is 1. The van der Waals surface area contributed by atoms with Crippen molar-refractivity contribution in [2.24, 2.45) is 0 Å². The smallest absolute Gasteiger partial charge is 0.326 e. The number of amides is 1. The normalized spacial score (nSPS) is 15.9. The number of aryl methyl sites for hydroxylation is 1. The highest BCUT2D eigenvalue weighted by molar-refractivity contribution is 6.07. The summed E-state index contributed by atoms with van der Waals surface area (Å²) in [5.74, 6) is -2.18. The topological polar surface area (TPSA) is 79.5 Å². The zero-order valence-corrected chi connectivity index (χ0v) is 14.8. The molecule has 0 aliphatic carbocycles. The molecule has 2 heterocycles. The van der Waals surface area contributed by atoms with Crippen LogP contribution >= 0.6 is 0 Å². The largest absolute Gasteiger partial charge is 0.465 e. The third kappa shape index (κ3) is 3.00. The fourth-order valence-corrected chi connectivity index (χ4v) is 3.25. The summed E-state index contributed by atoms with van der Waals surface area (Å²) >= 11 is 0. The number of hydrogen-bond donors (Lipinski definition) is 1. The molecule has 6 nitrogen and oxygen atoms in total. The molecule has 0 fully saturated rings. The first-order chi connectivity index (χ1) is 12.3. The number of carbonyl (C=O) groups is 2. The van der Waals surface area contributed by atoms with Gasteiger partial charge in [-0.1, -0.05) is 6.07 Å². The van der Waals surface area contributed by atoms with Crippen molar-refractivity contribution in [3.63, 3.8) is 0 Å². The molecule has 1 aromatic carbocycles. The van der Waals surface area contributed by atoms with Crippen LogP contribution in [0.3, 0.4) is 0 Å². The second-order valence-electron chi connectivity index (χ2n) is 6.22. The van der Waals surface area contributed by atoms with Crippen molar-refractivity contribution in [2.45, 2.75) is 26.7 Å². The molecule has 26 heavy (non-hydrogen) atoms. The van der Waals surface area contributed by atoms with Crippen molar-refractivity contribution in [3.8, 4) is 11.1 Å². The molecule has 0 spiro atoms. The summed E-state index contributed by atoms with van der Waals surface area (Å²) in [6.07, 6.45) is 0. The fourth-order valence-electron chi connectivity index (χ4n) is 3.25. The molecule has 1 atom stereocenters. The minimum absolute atomic E-state index is 0.184. The van der Waals surface area contributed by atoms with E-state index >= 15 is 0 Å². The maximum absolute atomic E-state index is 13.8. The molecule has 0 saturated carbocycles. The van der Waals surface area contributed by atoms with Gasteiger partial charge in [0.2, 0.25) is 5.91 Å². The number of nitrogens with one attached hydrogen (secondary N) is 1. The molecule has 1 unspecified atom stereocenters. The molecule has 0 bridgehead atoms. The minimum atomic E-state index is -0.720. The number of pyridine rings is 1. The van der Waals surface area contributed by atoms with Crippen LogP contribution in [0.25, 0.3) is 11.1 Å². The molecule has 0 radical (unpaired) electrons. The van der Waals surface area contributed by atoms with Gasteiger partial charge in [-0.2, -0.15) is 0 Å². The molecule has 1 aliphatic rings. The Morgan fingerprint density at radius 2 is 2.04 bits per heavy atom. The summed E-state index contributed by atoms with van der Waals surface area (Å²) in [6.45, 7) is 4.86. The SMILES string of the molecule is CCOC(=O)CN1C(=O)C(C)c2cc(F)ccc2-c2c1cc(C)[nH]c2=O. The Hall–Kier alpha value is -2.96. The predicted molar refractivity (Wildman–Crippen MR) is 94.6 cm³/mol. The number of aromatic amines is 1. The molecule has 2 aromatic rings. The van der Waals surface area contributed by atoms with E-state index in [1.54, 1.807) is 26.8 Å². The summed E-state index contributed by atoms with van der Waals surface area (Å²) in [5.41, 5.74) is 1.61. The van der Waals surface area contributed by atoms with Gasteiger partial charge in [0.25, 0.3) is 5.56 Å². The number of halogens is 1. The van der Waals surface area contributed by atoms with E-state index in [1.807, 2.05) is 0 Å². The Morgan fingerprint density at radius 3 is 2.73 bits per heavy atom. The van der Waals surface area contributed by atoms with Crippen LogP contribution in [0, 0.1) is 12.7 Å². The van der Waals surface area contributed by atoms with E-state index in [-0.39, 0.29) is 18.7 Å². The van der Waals surface area contributed by atoms with Gasteiger partial charge in [-0.15, -0.1) is 0 Å². The standard InChI is InChI=1S/C19H19FN2O4/c1-4-26-16(23)9-22-15-7-10(2)21-18(24)17(15)13-6-5-12(20)8-14(13)11(3)19(22)25/h5-8,11H,4,9H2,1-3H3,(H,21,24). The number of hydrogen-bond acceptors (Lipinski definition) is 4. The van der Waals surface area contributed by atoms with Crippen LogP contribution in [-0.4, -0.2) is 30.0 Å². The van der Waals surface area contributed by atoms with E-state index in [0.717, 1.165) is 0 Å². The first-order valence-corrected chi connectivity index (χ1v) is 8.34. The van der Waals surface area contributed by atoms with Gasteiger partial charge in [-0.3, -0.25) is 19.3 Å². The van der Waals surface area contributed by atoms with E-state index in [4.69, 9.17) is 4.74 Å². The number of rotatable bonds is 3. The van der Waals surface area contributed by atoms with Gasteiger partial charge in [0.05, 0.1) is 23.8 Å². The first kappa shape index (κ1) is 17.8. The number of carbonyl (C=O) groups excluding carboxylic acids is 2. The molecule has 1 aromatic heterocycles. The highest BCUT2D eigenvalue weighted by Crippen LogP contribution is 2.39. The van der Waals surface area contributed by atoms with Crippen molar-refractivity contribution in [1.82, 2.24) is 4.98 Å². The van der Waals surface area contributed by atoms with E-state index in [9.17, 15) is 18.8 Å². The van der Waals surface area contributed by atoms with E-state index in [0.29, 0.717) is 22.5 Å². The zero-order chi connectivity index (χ0) is 19.0.